The van der Waals surface area contributed by atoms with Crippen LogP contribution in [-0.2, 0) is 12.0 Å². The van der Waals surface area contributed by atoms with Crippen molar-refractivity contribution in [2.24, 2.45) is 4.99 Å². The van der Waals surface area contributed by atoms with Gasteiger partial charge in [-0.3, -0.25) is 4.99 Å². The highest BCUT2D eigenvalue weighted by atomic mass is 16.5. The van der Waals surface area contributed by atoms with Crippen molar-refractivity contribution in [1.29, 1.82) is 0 Å². The Morgan fingerprint density at radius 2 is 0.925 bits per heavy atom. The average molecular weight is 678 g/mol. The van der Waals surface area contributed by atoms with E-state index in [1.807, 2.05) is 12.3 Å². The highest BCUT2D eigenvalue weighted by Crippen LogP contribution is 2.62. The van der Waals surface area contributed by atoms with Crippen LogP contribution in [0.3, 0.4) is 0 Å². The lowest BCUT2D eigenvalue weighted by atomic mass is 9.66. The number of hydrogen-bond acceptors (Lipinski definition) is 2. The number of fused-ring (bicyclic) bond motifs is 9. The summed E-state index contributed by atoms with van der Waals surface area (Å²) in [7, 11) is 0. The summed E-state index contributed by atoms with van der Waals surface area (Å²) in [6, 6.07) is 69.7. The zero-order chi connectivity index (χ0) is 35.2. The van der Waals surface area contributed by atoms with Crippen LogP contribution in [0.5, 0.6) is 11.5 Å². The molecule has 0 aromatic heterocycles. The van der Waals surface area contributed by atoms with Gasteiger partial charge in [0.05, 0.1) is 12.0 Å². The van der Waals surface area contributed by atoms with Crippen LogP contribution in [0, 0.1) is 0 Å². The molecule has 1 heterocycles. The molecule has 8 aromatic carbocycles. The molecule has 10 rings (SSSR count). The smallest absolute Gasteiger partial charge is 0.132 e. The molecular weight excluding hydrogens is 643 g/mol. The summed E-state index contributed by atoms with van der Waals surface area (Å²) in [5, 5.41) is 0. The maximum Gasteiger partial charge on any atom is 0.132 e. The highest BCUT2D eigenvalue weighted by molar-refractivity contribution is 5.91. The number of rotatable bonds is 6. The van der Waals surface area contributed by atoms with Crippen molar-refractivity contribution in [2.45, 2.75) is 12.0 Å². The molecule has 250 valence electrons. The van der Waals surface area contributed by atoms with Gasteiger partial charge in [0, 0.05) is 17.3 Å². The first-order chi connectivity index (χ1) is 26.3. The van der Waals surface area contributed by atoms with E-state index in [-0.39, 0.29) is 0 Å². The average Bonchev–Trinajstić information content (AvgIpc) is 3.52. The van der Waals surface area contributed by atoms with E-state index in [0.29, 0.717) is 6.54 Å². The summed E-state index contributed by atoms with van der Waals surface area (Å²) in [6.07, 6.45) is 1.99. The van der Waals surface area contributed by atoms with Crippen molar-refractivity contribution in [2.75, 3.05) is 0 Å². The van der Waals surface area contributed by atoms with Gasteiger partial charge in [0.15, 0.2) is 0 Å². The second kappa shape index (κ2) is 12.8. The van der Waals surface area contributed by atoms with E-state index in [4.69, 9.17) is 9.73 Å². The van der Waals surface area contributed by atoms with Gasteiger partial charge in [0.1, 0.15) is 11.5 Å². The molecule has 0 bridgehead atoms. The van der Waals surface area contributed by atoms with Gasteiger partial charge in [0.25, 0.3) is 0 Å². The van der Waals surface area contributed by atoms with Crippen molar-refractivity contribution in [3.05, 3.63) is 228 Å². The molecule has 1 aliphatic carbocycles. The molecule has 0 fully saturated rings. The van der Waals surface area contributed by atoms with E-state index in [1.54, 1.807) is 0 Å². The van der Waals surface area contributed by atoms with Gasteiger partial charge in [-0.25, -0.2) is 0 Å². The summed E-state index contributed by atoms with van der Waals surface area (Å²) in [4.78, 5) is 4.80. The van der Waals surface area contributed by atoms with Crippen molar-refractivity contribution < 1.29 is 4.74 Å². The lowest BCUT2D eigenvalue weighted by Crippen LogP contribution is -2.32. The molecule has 0 saturated heterocycles. The number of benzene rings is 8. The van der Waals surface area contributed by atoms with E-state index < -0.39 is 5.41 Å². The third kappa shape index (κ3) is 5.22. The molecule has 0 amide bonds. The Labute approximate surface area is 310 Å². The normalized spacial score (nSPS) is 13.2. The minimum Gasteiger partial charge on any atom is -0.457 e. The molecular formula is C51H35NO. The van der Waals surface area contributed by atoms with E-state index in [2.05, 4.69) is 188 Å². The van der Waals surface area contributed by atoms with E-state index >= 15 is 0 Å². The summed E-state index contributed by atoms with van der Waals surface area (Å²) in [5.41, 5.74) is 16.4. The van der Waals surface area contributed by atoms with Gasteiger partial charge in [-0.15, -0.1) is 0 Å². The van der Waals surface area contributed by atoms with E-state index in [0.717, 1.165) is 17.1 Å². The fourth-order valence-electron chi connectivity index (χ4n) is 8.40. The number of hydrogen-bond donors (Lipinski definition) is 0. The van der Waals surface area contributed by atoms with Crippen LogP contribution in [0.25, 0.3) is 44.5 Å². The van der Waals surface area contributed by atoms with Crippen LogP contribution < -0.4 is 4.74 Å². The van der Waals surface area contributed by atoms with Crippen LogP contribution in [0.4, 0.5) is 0 Å². The number of para-hydroxylation sites is 2. The van der Waals surface area contributed by atoms with Gasteiger partial charge in [-0.2, -0.15) is 0 Å². The third-order valence-corrected chi connectivity index (χ3v) is 10.8. The standard InChI is InChI=1S/C51H35NO/c1-2-13-37(14-3-1)38-26-24-35(25-27-38)33-52-34-36-12-10-15-39(30-36)40-16-11-17-41(31-40)42-28-29-44-43-18-4-5-19-45(43)51(48(44)32-42)46-20-6-8-22-49(46)53-50-23-9-7-21-47(50)51/h1-32,34H,33H2/b52-34+. The van der Waals surface area contributed by atoms with Crippen molar-refractivity contribution in [3.8, 4) is 56.0 Å². The zero-order valence-electron chi connectivity index (χ0n) is 29.1. The summed E-state index contributed by atoms with van der Waals surface area (Å²) >= 11 is 0. The largest absolute Gasteiger partial charge is 0.457 e. The molecule has 2 aliphatic rings. The number of ether oxygens (including phenoxy) is 1. The predicted molar refractivity (Wildman–Crippen MR) is 218 cm³/mol. The minimum absolute atomic E-state index is 0.484. The molecule has 0 unspecified atom stereocenters. The van der Waals surface area contributed by atoms with E-state index in [9.17, 15) is 0 Å². The first-order valence-corrected chi connectivity index (χ1v) is 18.2. The van der Waals surface area contributed by atoms with Gasteiger partial charge in [-0.05, 0) is 97.1 Å². The first kappa shape index (κ1) is 31.0. The topological polar surface area (TPSA) is 21.6 Å². The SMILES string of the molecule is C(=N\Cc1ccc(-c2ccccc2)cc1)/c1cccc(-c2cccc(-c3ccc4c(c3)C3(c5ccccc5Oc5ccccc53)c3ccccc3-4)c2)c1. The minimum atomic E-state index is -0.484. The molecule has 0 N–H and O–H groups in total. The number of nitrogens with zero attached hydrogens (tertiary/aromatic N) is 1. The Hall–Kier alpha value is -6.77. The summed E-state index contributed by atoms with van der Waals surface area (Å²) < 4.78 is 6.54. The van der Waals surface area contributed by atoms with Crippen molar-refractivity contribution >= 4 is 6.21 Å². The summed E-state index contributed by atoms with van der Waals surface area (Å²) in [6.45, 7) is 0.638. The van der Waals surface area contributed by atoms with Crippen LogP contribution in [-0.4, -0.2) is 6.21 Å². The van der Waals surface area contributed by atoms with Gasteiger partial charge in [0.2, 0.25) is 0 Å². The zero-order valence-corrected chi connectivity index (χ0v) is 29.1. The maximum atomic E-state index is 6.54. The lowest BCUT2D eigenvalue weighted by molar-refractivity contribution is 0.436. The van der Waals surface area contributed by atoms with Crippen LogP contribution >= 0.6 is 0 Å². The van der Waals surface area contributed by atoms with E-state index in [1.165, 1.54) is 72.3 Å². The molecule has 2 nitrogen and oxygen atoms in total. The predicted octanol–water partition coefficient (Wildman–Crippen LogP) is 12.8. The fourth-order valence-corrected chi connectivity index (χ4v) is 8.40. The second-order valence-electron chi connectivity index (χ2n) is 13.9. The summed E-state index contributed by atoms with van der Waals surface area (Å²) in [5.74, 6) is 1.82. The van der Waals surface area contributed by atoms with Gasteiger partial charge >= 0.3 is 0 Å². The first-order valence-electron chi connectivity index (χ1n) is 18.2. The van der Waals surface area contributed by atoms with Crippen molar-refractivity contribution in [1.82, 2.24) is 0 Å². The Bertz CT molecular complexity index is 2620. The molecule has 2 heteroatoms. The maximum absolute atomic E-state index is 6.54. The van der Waals surface area contributed by atoms with Gasteiger partial charge < -0.3 is 4.74 Å². The number of aliphatic imine (C=N–C) groups is 1. The van der Waals surface area contributed by atoms with Crippen LogP contribution in [0.1, 0.15) is 33.4 Å². The molecule has 0 radical (unpaired) electrons. The monoisotopic (exact) mass is 677 g/mol. The highest BCUT2D eigenvalue weighted by Gasteiger charge is 2.51. The van der Waals surface area contributed by atoms with Crippen LogP contribution in [0.2, 0.25) is 0 Å². The Balaban J connectivity index is 0.984. The van der Waals surface area contributed by atoms with Crippen LogP contribution in [0.15, 0.2) is 199 Å². The molecule has 0 atom stereocenters. The second-order valence-corrected chi connectivity index (χ2v) is 13.9. The fraction of sp³-hybridized carbons (Fsp3) is 0.0392. The molecule has 1 aliphatic heterocycles. The Morgan fingerprint density at radius 3 is 1.66 bits per heavy atom. The van der Waals surface area contributed by atoms with Gasteiger partial charge in [-0.1, -0.05) is 164 Å². The Kier molecular flexibility index (Phi) is 7.47. The quantitative estimate of drug-likeness (QED) is 0.161. The molecule has 1 spiro atoms. The molecule has 53 heavy (non-hydrogen) atoms. The molecule has 0 saturated carbocycles. The van der Waals surface area contributed by atoms with Crippen molar-refractivity contribution in [3.63, 3.8) is 0 Å². The third-order valence-electron chi connectivity index (χ3n) is 10.8. The molecule has 8 aromatic rings. The Morgan fingerprint density at radius 1 is 0.396 bits per heavy atom. The lowest BCUT2D eigenvalue weighted by Gasteiger charge is -2.39.